The molecule has 106 valence electrons. The number of anilines is 3. The van der Waals surface area contributed by atoms with Crippen molar-refractivity contribution in [3.05, 3.63) is 52.0 Å². The van der Waals surface area contributed by atoms with Gasteiger partial charge in [-0.15, -0.1) is 0 Å². The Morgan fingerprint density at radius 3 is 2.71 bits per heavy atom. The van der Waals surface area contributed by atoms with Gasteiger partial charge in [-0.25, -0.2) is 4.79 Å². The number of ether oxygens (including phenoxy) is 1. The highest BCUT2D eigenvalue weighted by molar-refractivity contribution is 9.10. The van der Waals surface area contributed by atoms with Crippen LogP contribution in [-0.4, -0.2) is 13.1 Å². The van der Waals surface area contributed by atoms with E-state index in [2.05, 4.69) is 32.1 Å². The summed E-state index contributed by atoms with van der Waals surface area (Å²) in [5.41, 5.74) is 8.35. The molecule has 0 saturated heterocycles. The molecule has 0 amide bonds. The maximum Gasteiger partial charge on any atom is 0.337 e. The average molecular weight is 346 g/mol. The summed E-state index contributed by atoms with van der Waals surface area (Å²) in [7, 11) is 1.31. The molecule has 0 aliphatic heterocycles. The summed E-state index contributed by atoms with van der Waals surface area (Å²) in [6.07, 6.45) is 0. The third kappa shape index (κ3) is 3.33. The highest BCUT2D eigenvalue weighted by atomic mass is 79.9. The van der Waals surface area contributed by atoms with Crippen LogP contribution in [0.2, 0.25) is 0 Å². The predicted octanol–water partition coefficient (Wildman–Crippen LogP) is 3.43. The Hall–Kier alpha value is -2.52. The molecular weight excluding hydrogens is 334 g/mol. The van der Waals surface area contributed by atoms with Crippen molar-refractivity contribution >= 4 is 39.0 Å². The second-order valence-corrected chi connectivity index (χ2v) is 5.14. The van der Waals surface area contributed by atoms with Gasteiger partial charge in [0.1, 0.15) is 6.07 Å². The van der Waals surface area contributed by atoms with Gasteiger partial charge in [-0.1, -0.05) is 15.9 Å². The van der Waals surface area contributed by atoms with Gasteiger partial charge in [0.05, 0.1) is 35.3 Å². The lowest BCUT2D eigenvalue weighted by Gasteiger charge is -2.12. The van der Waals surface area contributed by atoms with Crippen molar-refractivity contribution in [2.45, 2.75) is 0 Å². The molecule has 2 aromatic rings. The molecule has 0 saturated carbocycles. The zero-order chi connectivity index (χ0) is 15.4. The number of hydrogen-bond donors (Lipinski definition) is 2. The van der Waals surface area contributed by atoms with Gasteiger partial charge in [0.15, 0.2) is 0 Å². The zero-order valence-electron chi connectivity index (χ0n) is 11.2. The second kappa shape index (κ2) is 6.29. The molecule has 0 aliphatic carbocycles. The number of methoxy groups -OCH3 is 1. The second-order valence-electron chi connectivity index (χ2n) is 4.22. The quantitative estimate of drug-likeness (QED) is 0.657. The van der Waals surface area contributed by atoms with Gasteiger partial charge in [0.25, 0.3) is 0 Å². The van der Waals surface area contributed by atoms with Gasteiger partial charge in [-0.3, -0.25) is 0 Å². The SMILES string of the molecule is COC(=O)c1ccc(N)c(Nc2ccc(Br)cc2C#N)c1. The Labute approximate surface area is 130 Å². The molecule has 0 aliphatic rings. The minimum Gasteiger partial charge on any atom is -0.465 e. The van der Waals surface area contributed by atoms with Crippen LogP contribution in [0.3, 0.4) is 0 Å². The number of carbonyl (C=O) groups excluding carboxylic acids is 1. The third-order valence-electron chi connectivity index (χ3n) is 2.85. The molecule has 0 fully saturated rings. The fraction of sp³-hybridized carbons (Fsp3) is 0.0667. The smallest absolute Gasteiger partial charge is 0.337 e. The summed E-state index contributed by atoms with van der Waals surface area (Å²) in [5.74, 6) is -0.450. The molecular formula is C15H12BrN3O2. The first-order chi connectivity index (χ1) is 10.0. The van der Waals surface area contributed by atoms with E-state index in [-0.39, 0.29) is 0 Å². The van der Waals surface area contributed by atoms with Gasteiger partial charge in [-0.2, -0.15) is 5.26 Å². The average Bonchev–Trinajstić information content (AvgIpc) is 2.50. The predicted molar refractivity (Wildman–Crippen MR) is 84.3 cm³/mol. The molecule has 0 bridgehead atoms. The summed E-state index contributed by atoms with van der Waals surface area (Å²) < 4.78 is 5.48. The topological polar surface area (TPSA) is 88.1 Å². The van der Waals surface area contributed by atoms with Crippen molar-refractivity contribution in [1.82, 2.24) is 0 Å². The lowest BCUT2D eigenvalue weighted by molar-refractivity contribution is 0.0601. The molecule has 6 heteroatoms. The molecule has 0 radical (unpaired) electrons. The molecule has 0 unspecified atom stereocenters. The molecule has 0 spiro atoms. The summed E-state index contributed by atoms with van der Waals surface area (Å²) in [6.45, 7) is 0. The highest BCUT2D eigenvalue weighted by Crippen LogP contribution is 2.28. The highest BCUT2D eigenvalue weighted by Gasteiger charge is 2.10. The van der Waals surface area contributed by atoms with Crippen molar-refractivity contribution in [3.8, 4) is 6.07 Å². The number of hydrogen-bond acceptors (Lipinski definition) is 5. The number of esters is 1. The molecule has 2 rings (SSSR count). The molecule has 2 aromatic carbocycles. The molecule has 0 heterocycles. The van der Waals surface area contributed by atoms with Crippen LogP contribution in [0.1, 0.15) is 15.9 Å². The minimum atomic E-state index is -0.450. The van der Waals surface area contributed by atoms with E-state index < -0.39 is 5.97 Å². The van der Waals surface area contributed by atoms with E-state index in [0.29, 0.717) is 28.2 Å². The fourth-order valence-corrected chi connectivity index (χ4v) is 2.13. The van der Waals surface area contributed by atoms with Gasteiger partial charge in [0.2, 0.25) is 0 Å². The van der Waals surface area contributed by atoms with Crippen LogP contribution in [0.15, 0.2) is 40.9 Å². The monoisotopic (exact) mass is 345 g/mol. The lowest BCUT2D eigenvalue weighted by Crippen LogP contribution is -2.04. The number of nitrogen functional groups attached to an aromatic ring is 1. The summed E-state index contributed by atoms with van der Waals surface area (Å²) in [4.78, 5) is 11.5. The van der Waals surface area contributed by atoms with E-state index in [1.807, 2.05) is 6.07 Å². The maximum atomic E-state index is 11.5. The zero-order valence-corrected chi connectivity index (χ0v) is 12.8. The number of rotatable bonds is 3. The third-order valence-corrected chi connectivity index (χ3v) is 3.34. The van der Waals surface area contributed by atoms with E-state index in [4.69, 9.17) is 11.0 Å². The first kappa shape index (κ1) is 14.9. The van der Waals surface area contributed by atoms with Crippen LogP contribution >= 0.6 is 15.9 Å². The number of nitriles is 1. The minimum absolute atomic E-state index is 0.379. The Bertz CT molecular complexity index is 738. The maximum absolute atomic E-state index is 11.5. The normalized spacial score (nSPS) is 9.76. The molecule has 0 atom stereocenters. The van der Waals surface area contributed by atoms with Gasteiger partial charge in [-0.05, 0) is 36.4 Å². The van der Waals surface area contributed by atoms with E-state index in [9.17, 15) is 4.79 Å². The van der Waals surface area contributed by atoms with E-state index in [1.54, 1.807) is 30.3 Å². The largest absolute Gasteiger partial charge is 0.465 e. The van der Waals surface area contributed by atoms with E-state index in [1.165, 1.54) is 7.11 Å². The van der Waals surface area contributed by atoms with E-state index in [0.717, 1.165) is 4.47 Å². The molecule has 0 aromatic heterocycles. The van der Waals surface area contributed by atoms with Crippen molar-refractivity contribution < 1.29 is 9.53 Å². The van der Waals surface area contributed by atoms with Crippen LogP contribution in [-0.2, 0) is 4.74 Å². The molecule has 3 N–H and O–H groups in total. The van der Waals surface area contributed by atoms with Crippen LogP contribution < -0.4 is 11.1 Å². The fourth-order valence-electron chi connectivity index (χ4n) is 1.77. The lowest BCUT2D eigenvalue weighted by atomic mass is 10.1. The van der Waals surface area contributed by atoms with Crippen molar-refractivity contribution in [3.63, 3.8) is 0 Å². The number of nitrogens with zero attached hydrogens (tertiary/aromatic N) is 1. The van der Waals surface area contributed by atoms with Crippen LogP contribution in [0.4, 0.5) is 17.1 Å². The Balaban J connectivity index is 2.40. The van der Waals surface area contributed by atoms with E-state index >= 15 is 0 Å². The van der Waals surface area contributed by atoms with Gasteiger partial charge in [0, 0.05) is 4.47 Å². The van der Waals surface area contributed by atoms with Crippen molar-refractivity contribution in [2.75, 3.05) is 18.2 Å². The first-order valence-electron chi connectivity index (χ1n) is 5.99. The van der Waals surface area contributed by atoms with Crippen molar-refractivity contribution in [2.24, 2.45) is 0 Å². The number of nitrogens with one attached hydrogen (secondary N) is 1. The van der Waals surface area contributed by atoms with Crippen molar-refractivity contribution in [1.29, 1.82) is 5.26 Å². The Morgan fingerprint density at radius 1 is 1.29 bits per heavy atom. The summed E-state index contributed by atoms with van der Waals surface area (Å²) >= 11 is 3.31. The molecule has 5 nitrogen and oxygen atoms in total. The number of halogens is 1. The summed E-state index contributed by atoms with van der Waals surface area (Å²) in [5, 5.41) is 12.2. The number of carbonyl (C=O) groups is 1. The number of nitrogens with two attached hydrogens (primary N) is 1. The summed E-state index contributed by atoms with van der Waals surface area (Å²) in [6, 6.07) is 12.1. The van der Waals surface area contributed by atoms with Crippen LogP contribution in [0, 0.1) is 11.3 Å². The standard InChI is InChI=1S/C15H12BrN3O2/c1-21-15(20)9-2-4-12(18)14(7-9)19-13-5-3-11(16)6-10(13)8-17/h2-7,19H,18H2,1H3. The first-order valence-corrected chi connectivity index (χ1v) is 6.79. The van der Waals surface area contributed by atoms with Crippen LogP contribution in [0.5, 0.6) is 0 Å². The Kier molecular flexibility index (Phi) is 4.45. The van der Waals surface area contributed by atoms with Crippen LogP contribution in [0.25, 0.3) is 0 Å². The molecule has 21 heavy (non-hydrogen) atoms. The number of benzene rings is 2. The van der Waals surface area contributed by atoms with Gasteiger partial charge < -0.3 is 15.8 Å². The Morgan fingerprint density at radius 2 is 2.05 bits per heavy atom. The van der Waals surface area contributed by atoms with Gasteiger partial charge >= 0.3 is 5.97 Å².